The molecule has 3 aromatic rings. The molecule has 2 aromatic heterocycles. The first-order valence-electron chi connectivity index (χ1n) is 5.97. The number of fused-ring (bicyclic) bond motifs is 1. The lowest BCUT2D eigenvalue weighted by atomic mass is 10.2. The molecule has 2 N–H and O–H groups in total. The first-order chi connectivity index (χ1) is 9.22. The van der Waals surface area contributed by atoms with E-state index in [1.165, 1.54) is 11.8 Å². The smallest absolute Gasteiger partial charge is 0.261 e. The Labute approximate surface area is 115 Å². The number of para-hydroxylation sites is 2. The highest BCUT2D eigenvalue weighted by atomic mass is 32.2. The Hall–Kier alpha value is -1.85. The number of pyridine rings is 1. The van der Waals surface area contributed by atoms with Gasteiger partial charge in [0.1, 0.15) is 5.52 Å². The average molecular weight is 271 g/mol. The normalized spacial score (nSPS) is 12.7. The second-order valence-electron chi connectivity index (χ2n) is 4.26. The minimum Gasteiger partial charge on any atom is -0.431 e. The van der Waals surface area contributed by atoms with Crippen LogP contribution in [-0.4, -0.2) is 9.97 Å². The van der Waals surface area contributed by atoms with Crippen LogP contribution in [0.15, 0.2) is 57.1 Å². The predicted octanol–water partition coefficient (Wildman–Crippen LogP) is 3.39. The van der Waals surface area contributed by atoms with Crippen molar-refractivity contribution in [2.24, 2.45) is 5.73 Å². The van der Waals surface area contributed by atoms with E-state index < -0.39 is 0 Å². The van der Waals surface area contributed by atoms with Gasteiger partial charge in [0.15, 0.2) is 5.58 Å². The van der Waals surface area contributed by atoms with E-state index in [4.69, 9.17) is 10.2 Å². The van der Waals surface area contributed by atoms with Crippen molar-refractivity contribution in [3.8, 4) is 0 Å². The number of aromatic nitrogens is 2. The highest BCUT2D eigenvalue weighted by Gasteiger charge is 2.08. The average Bonchev–Trinajstić information content (AvgIpc) is 2.81. The molecule has 0 aliphatic heterocycles. The van der Waals surface area contributed by atoms with Crippen LogP contribution in [0.5, 0.6) is 0 Å². The molecule has 0 amide bonds. The summed E-state index contributed by atoms with van der Waals surface area (Å²) in [5.41, 5.74) is 8.31. The van der Waals surface area contributed by atoms with Crippen molar-refractivity contribution in [2.75, 3.05) is 0 Å². The van der Waals surface area contributed by atoms with Gasteiger partial charge in [0.25, 0.3) is 5.22 Å². The molecular formula is C14H13N3OS. The quantitative estimate of drug-likeness (QED) is 0.791. The van der Waals surface area contributed by atoms with Gasteiger partial charge >= 0.3 is 0 Å². The van der Waals surface area contributed by atoms with Crippen LogP contribution in [0.2, 0.25) is 0 Å². The Balaban J connectivity index is 1.84. The summed E-state index contributed by atoms with van der Waals surface area (Å²) in [4.78, 5) is 9.70. The van der Waals surface area contributed by atoms with E-state index in [9.17, 15) is 0 Å². The van der Waals surface area contributed by atoms with E-state index in [2.05, 4.69) is 9.97 Å². The monoisotopic (exact) mass is 271 g/mol. The van der Waals surface area contributed by atoms with Gasteiger partial charge in [-0.3, -0.25) is 4.98 Å². The fourth-order valence-electron chi connectivity index (χ4n) is 1.72. The van der Waals surface area contributed by atoms with Crippen molar-refractivity contribution in [1.82, 2.24) is 9.97 Å². The van der Waals surface area contributed by atoms with Crippen molar-refractivity contribution < 1.29 is 4.42 Å². The van der Waals surface area contributed by atoms with Gasteiger partial charge in [-0.2, -0.15) is 0 Å². The summed E-state index contributed by atoms with van der Waals surface area (Å²) < 4.78 is 5.65. The van der Waals surface area contributed by atoms with Gasteiger partial charge in [-0.05, 0) is 43.0 Å². The van der Waals surface area contributed by atoms with Crippen molar-refractivity contribution in [3.63, 3.8) is 0 Å². The Morgan fingerprint density at radius 1 is 1.21 bits per heavy atom. The van der Waals surface area contributed by atoms with E-state index in [0.717, 1.165) is 21.7 Å². The lowest BCUT2D eigenvalue weighted by Crippen LogP contribution is -2.06. The molecule has 0 aliphatic carbocycles. The zero-order valence-corrected chi connectivity index (χ0v) is 11.2. The van der Waals surface area contributed by atoms with Gasteiger partial charge < -0.3 is 10.2 Å². The van der Waals surface area contributed by atoms with Gasteiger partial charge in [0.05, 0.1) is 5.69 Å². The third-order valence-electron chi connectivity index (χ3n) is 2.71. The molecule has 5 heteroatoms. The molecule has 0 radical (unpaired) electrons. The molecular weight excluding hydrogens is 258 g/mol. The van der Waals surface area contributed by atoms with Crippen LogP contribution in [-0.2, 0) is 0 Å². The third kappa shape index (κ3) is 2.62. The number of hydrogen-bond donors (Lipinski definition) is 1. The molecule has 2 heterocycles. The second kappa shape index (κ2) is 5.03. The number of nitrogens with zero attached hydrogens (tertiary/aromatic N) is 2. The van der Waals surface area contributed by atoms with Crippen LogP contribution in [0, 0.1) is 0 Å². The highest BCUT2D eigenvalue weighted by molar-refractivity contribution is 7.99. The largest absolute Gasteiger partial charge is 0.431 e. The lowest BCUT2D eigenvalue weighted by Gasteiger charge is -2.04. The lowest BCUT2D eigenvalue weighted by molar-refractivity contribution is 0.489. The Morgan fingerprint density at radius 2 is 2.05 bits per heavy atom. The van der Waals surface area contributed by atoms with E-state index in [0.29, 0.717) is 5.22 Å². The number of oxazole rings is 1. The molecule has 3 rings (SSSR count). The minimum absolute atomic E-state index is 0.0524. The Morgan fingerprint density at radius 3 is 2.74 bits per heavy atom. The van der Waals surface area contributed by atoms with Gasteiger partial charge in [-0.25, -0.2) is 4.98 Å². The van der Waals surface area contributed by atoms with Crippen LogP contribution >= 0.6 is 11.8 Å². The zero-order chi connectivity index (χ0) is 13.2. The van der Waals surface area contributed by atoms with Gasteiger partial charge in [-0.1, -0.05) is 12.1 Å². The molecule has 19 heavy (non-hydrogen) atoms. The van der Waals surface area contributed by atoms with Crippen molar-refractivity contribution >= 4 is 22.9 Å². The Bertz CT molecular complexity index is 658. The molecule has 0 bridgehead atoms. The second-order valence-corrected chi connectivity index (χ2v) is 5.28. The summed E-state index contributed by atoms with van der Waals surface area (Å²) in [6.45, 7) is 1.91. The number of benzene rings is 1. The van der Waals surface area contributed by atoms with Gasteiger partial charge in [-0.15, -0.1) is 0 Å². The molecule has 1 atom stereocenters. The van der Waals surface area contributed by atoms with Crippen molar-refractivity contribution in [3.05, 3.63) is 48.3 Å². The fourth-order valence-corrected chi connectivity index (χ4v) is 2.44. The van der Waals surface area contributed by atoms with E-state index in [1.807, 2.05) is 43.3 Å². The summed E-state index contributed by atoms with van der Waals surface area (Å²) >= 11 is 1.45. The molecule has 0 fully saturated rings. The molecule has 96 valence electrons. The van der Waals surface area contributed by atoms with Gasteiger partial charge in [0, 0.05) is 17.1 Å². The fraction of sp³-hybridized carbons (Fsp3) is 0.143. The van der Waals surface area contributed by atoms with Crippen molar-refractivity contribution in [2.45, 2.75) is 23.1 Å². The maximum atomic E-state index is 5.77. The molecule has 1 aromatic carbocycles. The molecule has 0 saturated carbocycles. The van der Waals surface area contributed by atoms with Crippen LogP contribution < -0.4 is 5.73 Å². The molecule has 4 nitrogen and oxygen atoms in total. The standard InChI is InChI=1S/C14H13N3OS/c1-9(15)11-7-6-10(8-16-11)19-14-17-12-4-2-3-5-13(12)18-14/h2-9H,15H2,1H3/t9-/m1/s1. The minimum atomic E-state index is -0.0524. The Kier molecular flexibility index (Phi) is 3.23. The first kappa shape index (κ1) is 12.2. The van der Waals surface area contributed by atoms with Crippen LogP contribution in [0.3, 0.4) is 0 Å². The van der Waals surface area contributed by atoms with E-state index >= 15 is 0 Å². The van der Waals surface area contributed by atoms with E-state index in [-0.39, 0.29) is 6.04 Å². The zero-order valence-electron chi connectivity index (χ0n) is 10.4. The summed E-state index contributed by atoms with van der Waals surface area (Å²) in [6, 6.07) is 11.6. The van der Waals surface area contributed by atoms with Crippen LogP contribution in [0.25, 0.3) is 11.1 Å². The maximum absolute atomic E-state index is 5.77. The van der Waals surface area contributed by atoms with Crippen LogP contribution in [0.4, 0.5) is 0 Å². The topological polar surface area (TPSA) is 64.9 Å². The molecule has 0 aliphatic rings. The molecule has 0 spiro atoms. The summed E-state index contributed by atoms with van der Waals surface area (Å²) in [5, 5.41) is 0.622. The van der Waals surface area contributed by atoms with E-state index in [1.54, 1.807) is 6.20 Å². The predicted molar refractivity (Wildman–Crippen MR) is 75.0 cm³/mol. The SMILES string of the molecule is C[C@@H](N)c1ccc(Sc2nc3ccccc3o2)cn1. The van der Waals surface area contributed by atoms with Crippen molar-refractivity contribution in [1.29, 1.82) is 0 Å². The number of rotatable bonds is 3. The van der Waals surface area contributed by atoms with Crippen LogP contribution in [0.1, 0.15) is 18.7 Å². The summed E-state index contributed by atoms with van der Waals surface area (Å²) in [7, 11) is 0. The third-order valence-corrected chi connectivity index (χ3v) is 3.53. The summed E-state index contributed by atoms with van der Waals surface area (Å²) in [5.74, 6) is 0. The first-order valence-corrected chi connectivity index (χ1v) is 6.79. The molecule has 0 unspecified atom stereocenters. The molecule has 0 saturated heterocycles. The number of nitrogens with two attached hydrogens (primary N) is 1. The van der Waals surface area contributed by atoms with Gasteiger partial charge in [0.2, 0.25) is 0 Å². The highest BCUT2D eigenvalue weighted by Crippen LogP contribution is 2.29. The number of hydrogen-bond acceptors (Lipinski definition) is 5. The summed E-state index contributed by atoms with van der Waals surface area (Å²) in [6.07, 6.45) is 1.79. The maximum Gasteiger partial charge on any atom is 0.261 e.